The Kier molecular flexibility index (Phi) is 3.82. The second kappa shape index (κ2) is 6.13. The molecule has 4 rings (SSSR count). The number of aromatic amines is 1. The van der Waals surface area contributed by atoms with Crippen molar-refractivity contribution in [2.45, 2.75) is 32.9 Å². The van der Waals surface area contributed by atoms with E-state index in [0.717, 1.165) is 42.2 Å². The quantitative estimate of drug-likeness (QED) is 0.798. The summed E-state index contributed by atoms with van der Waals surface area (Å²) in [6, 6.07) is 7.60. The van der Waals surface area contributed by atoms with Gasteiger partial charge in [0.05, 0.1) is 24.1 Å². The van der Waals surface area contributed by atoms with Gasteiger partial charge in [0.15, 0.2) is 11.6 Å². The first kappa shape index (κ1) is 15.0. The Morgan fingerprint density at radius 1 is 1.29 bits per heavy atom. The van der Waals surface area contributed by atoms with Crippen LogP contribution in [0.1, 0.15) is 29.7 Å². The van der Waals surface area contributed by atoms with Gasteiger partial charge in [-0.2, -0.15) is 0 Å². The minimum atomic E-state index is -0.0928. The average Bonchev–Trinajstić information content (AvgIpc) is 3.26. The molecule has 0 saturated heterocycles. The van der Waals surface area contributed by atoms with Gasteiger partial charge < -0.3 is 13.8 Å². The maximum atomic E-state index is 12.4. The van der Waals surface area contributed by atoms with E-state index in [1.54, 1.807) is 18.4 Å². The molecule has 0 spiro atoms. The summed E-state index contributed by atoms with van der Waals surface area (Å²) < 4.78 is 11.1. The van der Waals surface area contributed by atoms with Gasteiger partial charge in [-0.3, -0.25) is 9.69 Å². The number of hydrogen-bond acceptors (Lipinski definition) is 5. The third-order valence-corrected chi connectivity index (χ3v) is 4.35. The molecule has 0 aromatic carbocycles. The molecule has 0 atom stereocenters. The summed E-state index contributed by atoms with van der Waals surface area (Å²) in [4.78, 5) is 22.1. The Bertz CT molecular complexity index is 893. The number of fused-ring (bicyclic) bond motifs is 1. The predicted molar refractivity (Wildman–Crippen MR) is 88.5 cm³/mol. The van der Waals surface area contributed by atoms with Gasteiger partial charge in [0.25, 0.3) is 5.56 Å². The Labute approximate surface area is 139 Å². The molecule has 6 heteroatoms. The fourth-order valence-corrected chi connectivity index (χ4v) is 3.06. The summed E-state index contributed by atoms with van der Waals surface area (Å²) in [6.07, 6.45) is 3.21. The molecule has 0 amide bonds. The van der Waals surface area contributed by atoms with Crippen LogP contribution in [-0.4, -0.2) is 21.4 Å². The van der Waals surface area contributed by atoms with E-state index in [2.05, 4.69) is 21.8 Å². The van der Waals surface area contributed by atoms with Gasteiger partial charge in [-0.15, -0.1) is 0 Å². The molecule has 6 nitrogen and oxygen atoms in total. The fraction of sp³-hybridized carbons (Fsp3) is 0.333. The van der Waals surface area contributed by atoms with Gasteiger partial charge in [0.2, 0.25) is 0 Å². The second-order valence-corrected chi connectivity index (χ2v) is 6.00. The highest BCUT2D eigenvalue weighted by molar-refractivity contribution is 5.46. The van der Waals surface area contributed by atoms with Gasteiger partial charge >= 0.3 is 0 Å². The Morgan fingerprint density at radius 3 is 2.92 bits per heavy atom. The lowest BCUT2D eigenvalue weighted by molar-refractivity contribution is 0.220. The van der Waals surface area contributed by atoms with Crippen LogP contribution >= 0.6 is 0 Å². The van der Waals surface area contributed by atoms with Crippen molar-refractivity contribution < 1.29 is 8.83 Å². The van der Waals surface area contributed by atoms with E-state index in [9.17, 15) is 4.79 Å². The van der Waals surface area contributed by atoms with Crippen LogP contribution in [0.2, 0.25) is 0 Å². The lowest BCUT2D eigenvalue weighted by Gasteiger charge is -2.26. The highest BCUT2D eigenvalue weighted by atomic mass is 16.3. The number of nitrogens with one attached hydrogen (secondary N) is 1. The fourth-order valence-electron chi connectivity index (χ4n) is 3.06. The molecule has 0 bridgehead atoms. The van der Waals surface area contributed by atoms with Crippen molar-refractivity contribution in [1.29, 1.82) is 0 Å². The first-order chi connectivity index (χ1) is 11.7. The van der Waals surface area contributed by atoms with Crippen LogP contribution in [0.25, 0.3) is 11.6 Å². The second-order valence-electron chi connectivity index (χ2n) is 6.00. The van der Waals surface area contributed by atoms with Crippen LogP contribution in [0.15, 0.2) is 44.2 Å². The number of aryl methyl sites for hydroxylation is 1. The number of furan rings is 2. The minimum absolute atomic E-state index is 0.0928. The van der Waals surface area contributed by atoms with Gasteiger partial charge in [-0.1, -0.05) is 6.92 Å². The zero-order chi connectivity index (χ0) is 16.5. The van der Waals surface area contributed by atoms with E-state index in [1.807, 2.05) is 12.1 Å². The van der Waals surface area contributed by atoms with Crippen LogP contribution in [-0.2, 0) is 25.9 Å². The largest absolute Gasteiger partial charge is 0.465 e. The Balaban J connectivity index is 1.56. The highest BCUT2D eigenvalue weighted by Gasteiger charge is 2.22. The number of rotatable bonds is 4. The van der Waals surface area contributed by atoms with Crippen LogP contribution in [0, 0.1) is 0 Å². The first-order valence-electron chi connectivity index (χ1n) is 8.19. The monoisotopic (exact) mass is 325 g/mol. The van der Waals surface area contributed by atoms with Crippen LogP contribution < -0.4 is 5.56 Å². The molecule has 3 aromatic heterocycles. The molecular formula is C18H19N3O3. The zero-order valence-corrected chi connectivity index (χ0v) is 13.5. The highest BCUT2D eigenvalue weighted by Crippen LogP contribution is 2.20. The number of hydrogen-bond donors (Lipinski definition) is 1. The number of aromatic nitrogens is 2. The maximum absolute atomic E-state index is 12.4. The van der Waals surface area contributed by atoms with Crippen molar-refractivity contribution >= 4 is 0 Å². The van der Waals surface area contributed by atoms with Gasteiger partial charge in [-0.25, -0.2) is 4.98 Å². The van der Waals surface area contributed by atoms with Gasteiger partial charge in [0, 0.05) is 25.9 Å². The van der Waals surface area contributed by atoms with E-state index in [0.29, 0.717) is 24.7 Å². The Morgan fingerprint density at radius 2 is 2.17 bits per heavy atom. The molecule has 0 saturated carbocycles. The van der Waals surface area contributed by atoms with Gasteiger partial charge in [0.1, 0.15) is 11.5 Å². The van der Waals surface area contributed by atoms with Crippen molar-refractivity contribution in [2.24, 2.45) is 0 Å². The molecule has 3 aromatic rings. The van der Waals surface area contributed by atoms with Crippen molar-refractivity contribution in [3.63, 3.8) is 0 Å². The Hall–Kier alpha value is -2.60. The van der Waals surface area contributed by atoms with E-state index < -0.39 is 0 Å². The molecule has 4 heterocycles. The molecule has 124 valence electrons. The molecular weight excluding hydrogens is 306 g/mol. The predicted octanol–water partition coefficient (Wildman–Crippen LogP) is 2.74. The van der Waals surface area contributed by atoms with Crippen molar-refractivity contribution in [3.8, 4) is 11.6 Å². The molecule has 24 heavy (non-hydrogen) atoms. The topological polar surface area (TPSA) is 75.3 Å². The van der Waals surface area contributed by atoms with Crippen molar-refractivity contribution in [2.75, 3.05) is 6.54 Å². The first-order valence-corrected chi connectivity index (χ1v) is 8.19. The summed E-state index contributed by atoms with van der Waals surface area (Å²) >= 11 is 0. The van der Waals surface area contributed by atoms with Crippen molar-refractivity contribution in [3.05, 3.63) is 63.7 Å². The van der Waals surface area contributed by atoms with Gasteiger partial charge in [-0.05, 0) is 24.3 Å². The molecule has 0 radical (unpaired) electrons. The lowest BCUT2D eigenvalue weighted by Crippen LogP contribution is -2.35. The molecule has 1 aliphatic rings. The summed E-state index contributed by atoms with van der Waals surface area (Å²) in [5, 5.41) is 0. The van der Waals surface area contributed by atoms with E-state index >= 15 is 0 Å². The maximum Gasteiger partial charge on any atom is 0.256 e. The lowest BCUT2D eigenvalue weighted by atomic mass is 10.1. The van der Waals surface area contributed by atoms with E-state index in [-0.39, 0.29) is 5.56 Å². The molecule has 0 fully saturated rings. The average molecular weight is 325 g/mol. The summed E-state index contributed by atoms with van der Waals surface area (Å²) in [7, 11) is 0. The van der Waals surface area contributed by atoms with E-state index in [1.165, 1.54) is 0 Å². The zero-order valence-electron chi connectivity index (χ0n) is 13.5. The normalized spacial score (nSPS) is 14.7. The summed E-state index contributed by atoms with van der Waals surface area (Å²) in [5.74, 6) is 3.01. The van der Waals surface area contributed by atoms with Crippen LogP contribution in [0.5, 0.6) is 0 Å². The molecule has 1 aliphatic heterocycles. The summed E-state index contributed by atoms with van der Waals surface area (Å²) in [5.41, 5.74) is 1.50. The number of H-pyrrole nitrogens is 1. The summed E-state index contributed by atoms with van der Waals surface area (Å²) in [6.45, 7) is 4.21. The third-order valence-electron chi connectivity index (χ3n) is 4.35. The van der Waals surface area contributed by atoms with E-state index in [4.69, 9.17) is 8.83 Å². The smallest absolute Gasteiger partial charge is 0.256 e. The SMILES string of the molecule is CCc1ccc(CN2CCc3nc(-c4ccco4)[nH]c(=O)c3C2)o1. The number of nitrogens with zero attached hydrogens (tertiary/aromatic N) is 2. The molecule has 1 N–H and O–H groups in total. The molecule has 0 aliphatic carbocycles. The standard InChI is InChI=1S/C18H19N3O3/c1-2-12-5-6-13(24-12)10-21-8-7-15-14(11-21)18(22)20-17(19-15)16-4-3-9-23-16/h3-6,9H,2,7-8,10-11H2,1H3,(H,19,20,22). The molecule has 0 unspecified atom stereocenters. The minimum Gasteiger partial charge on any atom is -0.465 e. The third kappa shape index (κ3) is 2.80. The van der Waals surface area contributed by atoms with Crippen LogP contribution in [0.4, 0.5) is 0 Å². The van der Waals surface area contributed by atoms with Crippen molar-refractivity contribution in [1.82, 2.24) is 14.9 Å². The van der Waals surface area contributed by atoms with Crippen LogP contribution in [0.3, 0.4) is 0 Å².